The van der Waals surface area contributed by atoms with Crippen LogP contribution in [0.15, 0.2) is 60.8 Å². The van der Waals surface area contributed by atoms with Crippen molar-refractivity contribution in [2.45, 2.75) is 43.9 Å². The van der Waals surface area contributed by atoms with Gasteiger partial charge in [0.15, 0.2) is 12.2 Å². The number of nitrogens with one attached hydrogen (secondary N) is 3. The van der Waals surface area contributed by atoms with Crippen LogP contribution in [-0.4, -0.2) is 134 Å². The second-order valence-electron chi connectivity index (χ2n) is 13.7. The van der Waals surface area contributed by atoms with Crippen molar-refractivity contribution in [3.63, 3.8) is 0 Å². The molecule has 1 aliphatic carbocycles. The molecule has 7 N–H and O–H groups in total. The number of ether oxygens (including phenoxy) is 1. The number of carboxylic acids is 2. The number of rotatable bonds is 11. The minimum atomic E-state index is -2.27. The summed E-state index contributed by atoms with van der Waals surface area (Å²) >= 11 is 0. The van der Waals surface area contributed by atoms with E-state index < -0.39 is 53.0 Å². The zero-order valence-electron chi connectivity index (χ0n) is 30.4. The van der Waals surface area contributed by atoms with Crippen molar-refractivity contribution in [2.75, 3.05) is 62.3 Å². The number of hydrogen-bond acceptors (Lipinski definition) is 11. The molecule has 2 aliphatic heterocycles. The zero-order chi connectivity index (χ0) is 40.6. The van der Waals surface area contributed by atoms with Gasteiger partial charge in [0.2, 0.25) is 11.8 Å². The van der Waals surface area contributed by atoms with Crippen LogP contribution in [0.2, 0.25) is 0 Å². The average molecular weight is 784 g/mol. The standard InChI is InChI=1S/C33H37F2N7O4.C4H6O6/c1-40-16-18-41(19-17-40)24-9-14-42(15-10-24)32(45)39-29-21-26(8-13-36-29)46-25-6-7-28(27(35)20-25)38-31(44)33(11-12-33)30(43)37-23-4-2-22(34)3-5-23;5-1(3(7)8)2(6)4(9)10/h2-8,13,20-21,24H,9-12,14-19H2,1H3,(H,37,43)(H,38,44)(H,36,39,45);1-2,5-6H,(H,7,8)(H,9,10)/t;1-,2+. The number of aromatic nitrogens is 1. The number of pyridine rings is 1. The lowest BCUT2D eigenvalue weighted by Gasteiger charge is -2.42. The van der Waals surface area contributed by atoms with Crippen molar-refractivity contribution in [1.82, 2.24) is 19.7 Å². The largest absolute Gasteiger partial charge is 0.479 e. The maximum Gasteiger partial charge on any atom is 0.335 e. The topological polar surface area (TPSA) is 234 Å². The minimum Gasteiger partial charge on any atom is -0.479 e. The van der Waals surface area contributed by atoms with Gasteiger partial charge in [-0.1, -0.05) is 0 Å². The normalized spacial score (nSPS) is 18.0. The van der Waals surface area contributed by atoms with E-state index in [1.165, 1.54) is 42.6 Å². The number of carboxylic acid groups (broad SMARTS) is 2. The molecule has 6 rings (SSSR count). The van der Waals surface area contributed by atoms with Crippen LogP contribution in [0.4, 0.5) is 30.8 Å². The number of halogens is 2. The van der Waals surface area contributed by atoms with Crippen LogP contribution in [0.1, 0.15) is 25.7 Å². The number of benzene rings is 2. The summed E-state index contributed by atoms with van der Waals surface area (Å²) in [6, 6.07) is 12.6. The number of carbonyl (C=O) groups is 5. The molecule has 17 nitrogen and oxygen atoms in total. The number of aliphatic hydroxyl groups excluding tert-OH is 2. The molecule has 0 spiro atoms. The number of carbonyl (C=O) groups excluding carboxylic acids is 3. The molecule has 2 aromatic carbocycles. The Labute approximate surface area is 319 Å². The minimum absolute atomic E-state index is 0.0997. The third-order valence-corrected chi connectivity index (χ3v) is 9.72. The van der Waals surface area contributed by atoms with Crippen LogP contribution in [0, 0.1) is 17.0 Å². The van der Waals surface area contributed by atoms with Crippen molar-refractivity contribution >= 4 is 47.0 Å². The Balaban J connectivity index is 0.000000530. The molecule has 0 bridgehead atoms. The Bertz CT molecular complexity index is 1880. The zero-order valence-corrected chi connectivity index (χ0v) is 30.4. The van der Waals surface area contributed by atoms with E-state index in [9.17, 15) is 28.4 Å². The third kappa shape index (κ3) is 10.7. The number of likely N-dealkylation sites (tertiary alicyclic amines) is 1. The molecule has 2 atom stereocenters. The number of likely N-dealkylation sites (N-methyl/N-ethyl adjacent to an activating group) is 1. The van der Waals surface area contributed by atoms with Gasteiger partial charge in [-0.2, -0.15) is 0 Å². The molecular weight excluding hydrogens is 740 g/mol. The summed E-state index contributed by atoms with van der Waals surface area (Å²) in [5, 5.41) is 40.5. The summed E-state index contributed by atoms with van der Waals surface area (Å²) in [4.78, 5) is 69.2. The van der Waals surface area contributed by atoms with Gasteiger partial charge in [-0.25, -0.2) is 28.1 Å². The van der Waals surface area contributed by atoms with Gasteiger partial charge in [0.05, 0.1) is 5.69 Å². The molecule has 0 radical (unpaired) electrons. The summed E-state index contributed by atoms with van der Waals surface area (Å²) in [5.41, 5.74) is -1.07. The number of piperazine rings is 1. The van der Waals surface area contributed by atoms with Gasteiger partial charge in [-0.15, -0.1) is 0 Å². The predicted molar refractivity (Wildman–Crippen MR) is 196 cm³/mol. The molecule has 0 unspecified atom stereocenters. The number of piperidine rings is 1. The van der Waals surface area contributed by atoms with Crippen LogP contribution in [0.25, 0.3) is 0 Å². The molecule has 1 aromatic heterocycles. The van der Waals surface area contributed by atoms with Gasteiger partial charge in [-0.3, -0.25) is 19.8 Å². The summed E-state index contributed by atoms with van der Waals surface area (Å²) in [6.07, 6.45) is -0.564. The molecule has 3 fully saturated rings. The predicted octanol–water partition coefficient (Wildman–Crippen LogP) is 2.63. The Hall–Kier alpha value is -5.76. The van der Waals surface area contributed by atoms with E-state index in [0.717, 1.165) is 45.1 Å². The van der Waals surface area contributed by atoms with Crippen LogP contribution < -0.4 is 20.7 Å². The van der Waals surface area contributed by atoms with Crippen LogP contribution in [0.3, 0.4) is 0 Å². The molecule has 3 aromatic rings. The summed E-state index contributed by atoms with van der Waals surface area (Å²) in [7, 11) is 2.14. The van der Waals surface area contributed by atoms with Gasteiger partial charge in [0.1, 0.15) is 34.4 Å². The van der Waals surface area contributed by atoms with E-state index in [2.05, 4.69) is 37.8 Å². The molecule has 1 saturated carbocycles. The van der Waals surface area contributed by atoms with Crippen LogP contribution in [0.5, 0.6) is 11.5 Å². The smallest absolute Gasteiger partial charge is 0.335 e. The molecule has 3 aliphatic rings. The number of urea groups is 1. The number of aliphatic hydroxyl groups is 2. The van der Waals surface area contributed by atoms with Crippen LogP contribution in [-0.2, 0) is 19.2 Å². The first-order valence-corrected chi connectivity index (χ1v) is 17.8. The van der Waals surface area contributed by atoms with E-state index in [4.69, 9.17) is 25.2 Å². The molecule has 3 heterocycles. The van der Waals surface area contributed by atoms with E-state index in [1.54, 1.807) is 17.0 Å². The molecular formula is C37H43F2N7O10. The first-order chi connectivity index (χ1) is 26.6. The highest BCUT2D eigenvalue weighted by Gasteiger charge is 2.56. The Morgan fingerprint density at radius 1 is 0.786 bits per heavy atom. The number of hydrogen-bond donors (Lipinski definition) is 7. The van der Waals surface area contributed by atoms with E-state index >= 15 is 4.39 Å². The van der Waals surface area contributed by atoms with Gasteiger partial charge in [0.25, 0.3) is 0 Å². The van der Waals surface area contributed by atoms with Crippen molar-refractivity contribution in [2.24, 2.45) is 5.41 Å². The highest BCUT2D eigenvalue weighted by Crippen LogP contribution is 2.47. The maximum absolute atomic E-state index is 15.0. The lowest BCUT2D eigenvalue weighted by molar-refractivity contribution is -0.165. The van der Waals surface area contributed by atoms with E-state index in [-0.39, 0.29) is 17.5 Å². The van der Waals surface area contributed by atoms with Gasteiger partial charge in [-0.05, 0) is 75.2 Å². The second-order valence-corrected chi connectivity index (χ2v) is 13.7. The second kappa shape index (κ2) is 18.2. The van der Waals surface area contributed by atoms with Crippen LogP contribution >= 0.6 is 0 Å². The monoisotopic (exact) mass is 783 g/mol. The number of nitrogens with zero attached hydrogens (tertiary/aromatic N) is 4. The highest BCUT2D eigenvalue weighted by molar-refractivity contribution is 6.17. The fourth-order valence-electron chi connectivity index (χ4n) is 6.13. The van der Waals surface area contributed by atoms with Gasteiger partial charge >= 0.3 is 18.0 Å². The average Bonchev–Trinajstić information content (AvgIpc) is 4.00. The Kier molecular flexibility index (Phi) is 13.5. The van der Waals surface area contributed by atoms with E-state index in [1.807, 2.05) is 0 Å². The van der Waals surface area contributed by atoms with E-state index in [0.29, 0.717) is 49.2 Å². The maximum atomic E-state index is 15.0. The summed E-state index contributed by atoms with van der Waals surface area (Å²) in [6.45, 7) is 5.60. The highest BCUT2D eigenvalue weighted by atomic mass is 19.1. The number of amides is 4. The molecule has 19 heteroatoms. The molecule has 2 saturated heterocycles. The van der Waals surface area contributed by atoms with Crippen molar-refractivity contribution < 1.29 is 57.9 Å². The van der Waals surface area contributed by atoms with Gasteiger partial charge < -0.3 is 45.6 Å². The number of anilines is 3. The Morgan fingerprint density at radius 3 is 1.95 bits per heavy atom. The molecule has 4 amide bonds. The first-order valence-electron chi connectivity index (χ1n) is 17.8. The fraction of sp³-hybridized carbons (Fsp3) is 0.405. The molecule has 56 heavy (non-hydrogen) atoms. The summed E-state index contributed by atoms with van der Waals surface area (Å²) < 4.78 is 34.0. The summed E-state index contributed by atoms with van der Waals surface area (Å²) in [5.74, 6) is -5.08. The fourth-order valence-corrected chi connectivity index (χ4v) is 6.13. The first kappa shape index (κ1) is 41.4. The lowest BCUT2D eigenvalue weighted by Crippen LogP contribution is -2.53. The lowest BCUT2D eigenvalue weighted by atomic mass is 10.0. The molecule has 300 valence electrons. The quantitative estimate of drug-likeness (QED) is 0.139. The van der Waals surface area contributed by atoms with Gasteiger partial charge in [0, 0.05) is 69.3 Å². The third-order valence-electron chi connectivity index (χ3n) is 9.72. The Morgan fingerprint density at radius 2 is 1.38 bits per heavy atom. The van der Waals surface area contributed by atoms with Crippen molar-refractivity contribution in [3.05, 3.63) is 72.4 Å². The number of aliphatic carboxylic acids is 2. The van der Waals surface area contributed by atoms with Crippen molar-refractivity contribution in [1.29, 1.82) is 0 Å². The van der Waals surface area contributed by atoms with Crippen molar-refractivity contribution in [3.8, 4) is 11.5 Å². The SMILES string of the molecule is CN1CCN(C2CCN(C(=O)Nc3cc(Oc4ccc(NC(=O)C5(C(=O)Nc6ccc(F)cc6)CC5)c(F)c4)ccn3)CC2)CC1.O=C(O)[C@@H](O)[C@@H](O)C(=O)O.